The van der Waals surface area contributed by atoms with E-state index in [-0.39, 0.29) is 42.3 Å². The summed E-state index contributed by atoms with van der Waals surface area (Å²) in [7, 11) is -2.41. The van der Waals surface area contributed by atoms with Gasteiger partial charge < -0.3 is 15.4 Å². The van der Waals surface area contributed by atoms with Crippen LogP contribution in [0.5, 0.6) is 0 Å². The number of carbonyl (C=O) groups excluding carboxylic acids is 2. The Hall–Kier alpha value is -2.04. The number of sulfonamides is 1. The maximum Gasteiger partial charge on any atom is 0.245 e. The maximum atomic E-state index is 13.8. The van der Waals surface area contributed by atoms with Gasteiger partial charge in [-0.3, -0.25) is 9.59 Å². The average molecular weight is 401 g/mol. The minimum absolute atomic E-state index is 0.120. The minimum atomic E-state index is -3.93. The van der Waals surface area contributed by atoms with Gasteiger partial charge in [0.2, 0.25) is 21.8 Å². The highest BCUT2D eigenvalue weighted by molar-refractivity contribution is 7.89. The summed E-state index contributed by atoms with van der Waals surface area (Å²) in [5, 5.41) is 5.14. The second kappa shape index (κ2) is 9.77. The van der Waals surface area contributed by atoms with E-state index in [0.29, 0.717) is 26.0 Å². The number of hydrogen-bond acceptors (Lipinski definition) is 5. The monoisotopic (exact) mass is 401 g/mol. The van der Waals surface area contributed by atoms with E-state index in [1.807, 2.05) is 0 Å². The molecule has 0 saturated carbocycles. The summed E-state index contributed by atoms with van der Waals surface area (Å²) >= 11 is 0. The molecule has 1 aliphatic rings. The van der Waals surface area contributed by atoms with E-state index in [9.17, 15) is 22.4 Å². The molecule has 1 heterocycles. The Morgan fingerprint density at radius 1 is 1.22 bits per heavy atom. The lowest BCUT2D eigenvalue weighted by molar-refractivity contribution is -0.129. The number of hydrogen-bond donors (Lipinski definition) is 2. The van der Waals surface area contributed by atoms with E-state index in [2.05, 4.69) is 10.6 Å². The van der Waals surface area contributed by atoms with Gasteiger partial charge in [-0.25, -0.2) is 12.8 Å². The second-order valence-electron chi connectivity index (χ2n) is 6.17. The lowest BCUT2D eigenvalue weighted by atomic mass is 9.97. The fraction of sp³-hybridized carbons (Fsp3) is 0.529. The zero-order chi connectivity index (χ0) is 19.9. The molecule has 0 aromatic heterocycles. The number of rotatable bonds is 8. The molecule has 0 spiro atoms. The third-order valence-electron chi connectivity index (χ3n) is 4.33. The summed E-state index contributed by atoms with van der Waals surface area (Å²) in [4.78, 5) is 23.4. The molecule has 1 aromatic rings. The van der Waals surface area contributed by atoms with Crippen molar-refractivity contribution in [1.82, 2.24) is 14.9 Å². The molecule has 10 heteroatoms. The van der Waals surface area contributed by atoms with Gasteiger partial charge in [0, 0.05) is 32.7 Å². The van der Waals surface area contributed by atoms with Crippen molar-refractivity contribution in [3.05, 3.63) is 30.1 Å². The first kappa shape index (κ1) is 21.3. The molecule has 1 fully saturated rings. The van der Waals surface area contributed by atoms with E-state index in [1.165, 1.54) is 29.6 Å². The van der Waals surface area contributed by atoms with Gasteiger partial charge in [-0.15, -0.1) is 0 Å². The van der Waals surface area contributed by atoms with Crippen molar-refractivity contribution < 1.29 is 27.1 Å². The van der Waals surface area contributed by atoms with Crippen molar-refractivity contribution in [1.29, 1.82) is 0 Å². The number of amides is 2. The highest BCUT2D eigenvalue weighted by Gasteiger charge is 2.33. The van der Waals surface area contributed by atoms with Gasteiger partial charge >= 0.3 is 0 Å². The second-order valence-corrected chi connectivity index (χ2v) is 8.08. The molecule has 2 amide bonds. The molecule has 0 atom stereocenters. The van der Waals surface area contributed by atoms with Crippen LogP contribution < -0.4 is 10.6 Å². The highest BCUT2D eigenvalue weighted by atomic mass is 32.2. The van der Waals surface area contributed by atoms with Crippen LogP contribution in [0, 0.1) is 11.7 Å². The number of benzene rings is 1. The number of nitrogens with one attached hydrogen (secondary N) is 2. The first-order chi connectivity index (χ1) is 12.9. The van der Waals surface area contributed by atoms with Crippen LogP contribution in [0.2, 0.25) is 0 Å². The maximum absolute atomic E-state index is 13.8. The predicted molar refractivity (Wildman–Crippen MR) is 95.8 cm³/mol. The normalized spacial score (nSPS) is 16.1. The molecule has 1 aromatic carbocycles. The molecule has 0 radical (unpaired) electrons. The fourth-order valence-electron chi connectivity index (χ4n) is 2.82. The Balaban J connectivity index is 1.83. The molecule has 0 aliphatic carbocycles. The molecular formula is C17H24FN3O5S. The van der Waals surface area contributed by atoms with Crippen molar-refractivity contribution in [3.8, 4) is 0 Å². The number of methoxy groups -OCH3 is 1. The van der Waals surface area contributed by atoms with Crippen molar-refractivity contribution in [2.45, 2.75) is 17.7 Å². The topological polar surface area (TPSA) is 105 Å². The number of nitrogens with zero attached hydrogens (tertiary/aromatic N) is 1. The van der Waals surface area contributed by atoms with Crippen LogP contribution in [0.3, 0.4) is 0 Å². The van der Waals surface area contributed by atoms with Gasteiger partial charge in [0.1, 0.15) is 10.7 Å². The predicted octanol–water partition coefficient (Wildman–Crippen LogP) is 0.105. The average Bonchev–Trinajstić information content (AvgIpc) is 2.66. The third kappa shape index (κ3) is 5.72. The Kier molecular flexibility index (Phi) is 7.69. The first-order valence-electron chi connectivity index (χ1n) is 8.64. The SMILES string of the molecule is COCCNC(=O)CNC(=O)C1CCN(S(=O)(=O)c2ccccc2F)CC1. The molecule has 0 bridgehead atoms. The molecular weight excluding hydrogens is 377 g/mol. The highest BCUT2D eigenvalue weighted by Crippen LogP contribution is 2.25. The largest absolute Gasteiger partial charge is 0.383 e. The van der Waals surface area contributed by atoms with Crippen LogP contribution >= 0.6 is 0 Å². The molecule has 1 aliphatic heterocycles. The van der Waals surface area contributed by atoms with Gasteiger partial charge in [-0.05, 0) is 25.0 Å². The van der Waals surface area contributed by atoms with Gasteiger partial charge in [-0.2, -0.15) is 4.31 Å². The molecule has 8 nitrogen and oxygen atoms in total. The summed E-state index contributed by atoms with van der Waals surface area (Å²) < 4.78 is 44.9. The summed E-state index contributed by atoms with van der Waals surface area (Å²) in [5.41, 5.74) is 0. The summed E-state index contributed by atoms with van der Waals surface area (Å²) in [6, 6.07) is 5.22. The number of piperidine rings is 1. The van der Waals surface area contributed by atoms with Gasteiger partial charge in [0.25, 0.3) is 0 Å². The van der Waals surface area contributed by atoms with E-state index >= 15 is 0 Å². The zero-order valence-electron chi connectivity index (χ0n) is 15.1. The summed E-state index contributed by atoms with van der Waals surface area (Å²) in [5.74, 6) is -1.79. The lowest BCUT2D eigenvalue weighted by Gasteiger charge is -2.30. The molecule has 0 unspecified atom stereocenters. The van der Waals surface area contributed by atoms with Crippen LogP contribution in [-0.2, 0) is 24.3 Å². The van der Waals surface area contributed by atoms with Crippen molar-refractivity contribution in [2.75, 3.05) is 39.9 Å². The Bertz CT molecular complexity index is 764. The van der Waals surface area contributed by atoms with Crippen LogP contribution in [0.4, 0.5) is 4.39 Å². The summed E-state index contributed by atoms with van der Waals surface area (Å²) in [6.07, 6.45) is 0.621. The Morgan fingerprint density at radius 3 is 2.52 bits per heavy atom. The van der Waals surface area contributed by atoms with Crippen molar-refractivity contribution in [2.24, 2.45) is 5.92 Å². The van der Waals surface area contributed by atoms with Gasteiger partial charge in [0.05, 0.1) is 13.2 Å². The third-order valence-corrected chi connectivity index (χ3v) is 6.26. The number of carbonyl (C=O) groups is 2. The quantitative estimate of drug-likeness (QED) is 0.602. The number of ether oxygens (including phenoxy) is 1. The summed E-state index contributed by atoms with van der Waals surface area (Å²) in [6.45, 7) is 0.839. The minimum Gasteiger partial charge on any atom is -0.383 e. The molecule has 2 rings (SSSR count). The molecule has 27 heavy (non-hydrogen) atoms. The van der Waals surface area contributed by atoms with E-state index in [1.54, 1.807) is 0 Å². The van der Waals surface area contributed by atoms with E-state index in [4.69, 9.17) is 4.74 Å². The first-order valence-corrected chi connectivity index (χ1v) is 10.1. The zero-order valence-corrected chi connectivity index (χ0v) is 15.9. The van der Waals surface area contributed by atoms with Gasteiger partial charge in [0.15, 0.2) is 0 Å². The van der Waals surface area contributed by atoms with Crippen LogP contribution in [0.25, 0.3) is 0 Å². The van der Waals surface area contributed by atoms with E-state index in [0.717, 1.165) is 6.07 Å². The van der Waals surface area contributed by atoms with Crippen molar-refractivity contribution >= 4 is 21.8 Å². The molecule has 2 N–H and O–H groups in total. The Labute approximate surface area is 158 Å². The van der Waals surface area contributed by atoms with Crippen LogP contribution in [-0.4, -0.2) is 64.4 Å². The van der Waals surface area contributed by atoms with E-state index < -0.39 is 15.8 Å². The standard InChI is InChI=1S/C17H24FN3O5S/c1-26-11-8-19-16(22)12-20-17(23)13-6-9-21(10-7-13)27(24,25)15-5-3-2-4-14(15)18/h2-5,13H,6-12H2,1H3,(H,19,22)(H,20,23). The van der Waals surface area contributed by atoms with Crippen molar-refractivity contribution in [3.63, 3.8) is 0 Å². The molecule has 150 valence electrons. The Morgan fingerprint density at radius 2 is 1.89 bits per heavy atom. The van der Waals surface area contributed by atoms with Gasteiger partial charge in [-0.1, -0.05) is 12.1 Å². The fourth-order valence-corrected chi connectivity index (χ4v) is 4.35. The number of halogens is 1. The molecule has 1 saturated heterocycles. The van der Waals surface area contributed by atoms with Crippen LogP contribution in [0.15, 0.2) is 29.2 Å². The smallest absolute Gasteiger partial charge is 0.245 e. The lowest BCUT2D eigenvalue weighted by Crippen LogP contribution is -2.45. The van der Waals surface area contributed by atoms with Crippen LogP contribution in [0.1, 0.15) is 12.8 Å².